The molecular weight excluding hydrogens is 387 g/mol. The zero-order valence-corrected chi connectivity index (χ0v) is 14.3. The average Bonchev–Trinajstić information content (AvgIpc) is 2.39. The Labute approximate surface area is 137 Å². The van der Waals surface area contributed by atoms with Crippen LogP contribution in [-0.2, 0) is 0 Å². The van der Waals surface area contributed by atoms with E-state index in [1.807, 2.05) is 31.2 Å². The molecule has 4 nitrogen and oxygen atoms in total. The van der Waals surface area contributed by atoms with Crippen LogP contribution in [0.3, 0.4) is 0 Å². The third-order valence-corrected chi connectivity index (χ3v) is 3.56. The molecule has 0 saturated heterocycles. The van der Waals surface area contributed by atoms with E-state index in [0.29, 0.717) is 11.0 Å². The van der Waals surface area contributed by atoms with Gasteiger partial charge in [0.1, 0.15) is 5.82 Å². The first-order valence-electron chi connectivity index (χ1n) is 6.40. The monoisotopic (exact) mass is 402 g/mol. The van der Waals surface area contributed by atoms with Gasteiger partial charge in [0.15, 0.2) is 0 Å². The minimum atomic E-state index is 0.635. The summed E-state index contributed by atoms with van der Waals surface area (Å²) in [5.74, 6) is 1.37. The van der Waals surface area contributed by atoms with E-state index in [-0.39, 0.29) is 0 Å². The lowest BCUT2D eigenvalue weighted by Gasteiger charge is -2.10. The van der Waals surface area contributed by atoms with Crippen molar-refractivity contribution in [3.05, 3.63) is 38.6 Å². The molecule has 0 spiro atoms. The van der Waals surface area contributed by atoms with Gasteiger partial charge in [-0.3, -0.25) is 0 Å². The molecule has 1 aromatic carbocycles. The molecule has 0 radical (unpaired) electrons. The highest BCUT2D eigenvalue weighted by atomic mass is 127. The van der Waals surface area contributed by atoms with Crippen molar-refractivity contribution in [2.45, 2.75) is 20.3 Å². The minimum Gasteiger partial charge on any atom is -0.354 e. The van der Waals surface area contributed by atoms with Crippen LogP contribution in [0.4, 0.5) is 17.5 Å². The van der Waals surface area contributed by atoms with E-state index < -0.39 is 0 Å². The highest BCUT2D eigenvalue weighted by Crippen LogP contribution is 2.26. The van der Waals surface area contributed by atoms with Gasteiger partial charge in [0.2, 0.25) is 5.95 Å². The van der Waals surface area contributed by atoms with Crippen molar-refractivity contribution in [2.75, 3.05) is 17.2 Å². The molecular formula is C14H16ClIN4. The zero-order chi connectivity index (χ0) is 14.5. The summed E-state index contributed by atoms with van der Waals surface area (Å²) in [6.45, 7) is 4.90. The van der Waals surface area contributed by atoms with Crippen molar-refractivity contribution in [1.82, 2.24) is 9.97 Å². The first-order valence-corrected chi connectivity index (χ1v) is 7.86. The number of rotatable bonds is 5. The number of hydrogen-bond donors (Lipinski definition) is 2. The Morgan fingerprint density at radius 2 is 2.05 bits per heavy atom. The molecule has 0 unspecified atom stereocenters. The molecule has 0 bridgehead atoms. The summed E-state index contributed by atoms with van der Waals surface area (Å²) in [5.41, 5.74) is 1.74. The Balaban J connectivity index is 2.21. The Hall–Kier alpha value is -1.08. The van der Waals surface area contributed by atoms with Crippen LogP contribution < -0.4 is 10.6 Å². The first-order chi connectivity index (χ1) is 9.58. The largest absolute Gasteiger partial charge is 0.354 e. The fourth-order valence-electron chi connectivity index (χ4n) is 1.68. The number of halogens is 2. The second kappa shape index (κ2) is 7.08. The van der Waals surface area contributed by atoms with E-state index >= 15 is 0 Å². The van der Waals surface area contributed by atoms with Crippen LogP contribution in [0.25, 0.3) is 0 Å². The maximum absolute atomic E-state index is 6.22. The maximum atomic E-state index is 6.22. The van der Waals surface area contributed by atoms with Gasteiger partial charge in [-0.05, 0) is 54.1 Å². The van der Waals surface area contributed by atoms with Gasteiger partial charge in [0, 0.05) is 21.9 Å². The number of anilines is 3. The average molecular weight is 403 g/mol. The smallest absolute Gasteiger partial charge is 0.224 e. The van der Waals surface area contributed by atoms with Crippen molar-refractivity contribution in [3.63, 3.8) is 0 Å². The summed E-state index contributed by atoms with van der Waals surface area (Å²) in [6, 6.07) is 7.75. The van der Waals surface area contributed by atoms with E-state index in [9.17, 15) is 0 Å². The minimum absolute atomic E-state index is 0.635. The molecule has 0 aliphatic carbocycles. The van der Waals surface area contributed by atoms with Crippen LogP contribution in [-0.4, -0.2) is 16.5 Å². The third kappa shape index (κ3) is 4.21. The number of benzene rings is 1. The summed E-state index contributed by atoms with van der Waals surface area (Å²) in [5, 5.41) is 7.10. The highest BCUT2D eigenvalue weighted by molar-refractivity contribution is 14.1. The van der Waals surface area contributed by atoms with Gasteiger partial charge in [-0.15, -0.1) is 0 Å². The predicted molar refractivity (Wildman–Crippen MR) is 93.0 cm³/mol. The molecule has 0 aliphatic heterocycles. The summed E-state index contributed by atoms with van der Waals surface area (Å²) in [7, 11) is 0. The zero-order valence-electron chi connectivity index (χ0n) is 11.4. The molecule has 20 heavy (non-hydrogen) atoms. The molecule has 2 rings (SSSR count). The second-order valence-corrected chi connectivity index (χ2v) is 6.05. The van der Waals surface area contributed by atoms with Gasteiger partial charge in [-0.1, -0.05) is 18.5 Å². The number of nitrogens with one attached hydrogen (secondary N) is 2. The van der Waals surface area contributed by atoms with E-state index in [4.69, 9.17) is 11.6 Å². The Morgan fingerprint density at radius 1 is 1.25 bits per heavy atom. The fraction of sp³-hybridized carbons (Fsp3) is 0.286. The third-order valence-electron chi connectivity index (χ3n) is 2.58. The van der Waals surface area contributed by atoms with Gasteiger partial charge < -0.3 is 10.6 Å². The van der Waals surface area contributed by atoms with E-state index in [1.54, 1.807) is 0 Å². The Kier molecular flexibility index (Phi) is 5.42. The second-order valence-electron chi connectivity index (χ2n) is 4.39. The van der Waals surface area contributed by atoms with Crippen LogP contribution in [0.15, 0.2) is 24.3 Å². The Morgan fingerprint density at radius 3 is 2.75 bits per heavy atom. The van der Waals surface area contributed by atoms with Crippen LogP contribution in [0.5, 0.6) is 0 Å². The van der Waals surface area contributed by atoms with Crippen molar-refractivity contribution < 1.29 is 0 Å². The lowest BCUT2D eigenvalue weighted by molar-refractivity contribution is 0.947. The molecule has 1 aromatic heterocycles. The number of nitrogens with zero attached hydrogens (tertiary/aromatic N) is 2. The van der Waals surface area contributed by atoms with Crippen LogP contribution in [0.2, 0.25) is 5.02 Å². The van der Waals surface area contributed by atoms with Crippen LogP contribution in [0, 0.1) is 10.5 Å². The lowest BCUT2D eigenvalue weighted by Crippen LogP contribution is -2.07. The van der Waals surface area contributed by atoms with Crippen molar-refractivity contribution in [3.8, 4) is 0 Å². The maximum Gasteiger partial charge on any atom is 0.224 e. The van der Waals surface area contributed by atoms with Gasteiger partial charge in [0.05, 0.1) is 10.7 Å². The van der Waals surface area contributed by atoms with Gasteiger partial charge >= 0.3 is 0 Å². The molecule has 6 heteroatoms. The van der Waals surface area contributed by atoms with Crippen LogP contribution >= 0.6 is 34.2 Å². The van der Waals surface area contributed by atoms with E-state index in [1.165, 1.54) is 0 Å². The molecule has 106 valence electrons. The van der Waals surface area contributed by atoms with Crippen LogP contribution in [0.1, 0.15) is 19.0 Å². The molecule has 1 heterocycles. The number of hydrogen-bond acceptors (Lipinski definition) is 4. The SMILES string of the molecule is CCCNc1nc(C)cc(Nc2ccc(I)cc2Cl)n1. The standard InChI is InChI=1S/C14H16ClIN4/c1-3-6-17-14-18-9(2)7-13(20-14)19-12-5-4-10(16)8-11(12)15/h4-5,7-8H,3,6H2,1-2H3,(H2,17,18,19,20). The molecule has 2 N–H and O–H groups in total. The summed E-state index contributed by atoms with van der Waals surface area (Å²) in [6.07, 6.45) is 1.03. The molecule has 2 aromatic rings. The van der Waals surface area contributed by atoms with E-state index in [0.717, 1.165) is 33.7 Å². The molecule has 0 saturated carbocycles. The summed E-state index contributed by atoms with van der Waals surface area (Å²) in [4.78, 5) is 8.79. The Bertz CT molecular complexity index is 604. The van der Waals surface area contributed by atoms with Gasteiger partial charge in [-0.25, -0.2) is 4.98 Å². The predicted octanol–water partition coefficient (Wildman–Crippen LogP) is 4.61. The van der Waals surface area contributed by atoms with Gasteiger partial charge in [-0.2, -0.15) is 4.98 Å². The summed E-state index contributed by atoms with van der Waals surface area (Å²) >= 11 is 8.45. The molecule has 0 atom stereocenters. The fourth-order valence-corrected chi connectivity index (χ4v) is 2.58. The molecule has 0 fully saturated rings. The van der Waals surface area contributed by atoms with Crippen molar-refractivity contribution in [2.24, 2.45) is 0 Å². The molecule has 0 aliphatic rings. The highest BCUT2D eigenvalue weighted by Gasteiger charge is 2.05. The van der Waals surface area contributed by atoms with Crippen molar-refractivity contribution in [1.29, 1.82) is 0 Å². The quantitative estimate of drug-likeness (QED) is 0.717. The van der Waals surface area contributed by atoms with Gasteiger partial charge in [0.25, 0.3) is 0 Å². The number of aryl methyl sites for hydroxylation is 1. The normalized spacial score (nSPS) is 10.4. The van der Waals surface area contributed by atoms with Crippen molar-refractivity contribution >= 4 is 51.6 Å². The summed E-state index contributed by atoms with van der Waals surface area (Å²) < 4.78 is 1.10. The van der Waals surface area contributed by atoms with E-state index in [2.05, 4.69) is 50.1 Å². The lowest BCUT2D eigenvalue weighted by atomic mass is 10.3. The topological polar surface area (TPSA) is 49.8 Å². The first kappa shape index (κ1) is 15.3. The molecule has 0 amide bonds. The number of aromatic nitrogens is 2.